The van der Waals surface area contributed by atoms with Gasteiger partial charge in [0.2, 0.25) is 5.91 Å². The SMILES string of the molecule is COc1ccc(S(=O)(=O)N(CC(=O)N2CCCCC2)c2cccc(C(F)(F)F)c2)cc1OC. The number of benzene rings is 2. The van der Waals surface area contributed by atoms with Crippen LogP contribution < -0.4 is 13.8 Å². The predicted molar refractivity (Wildman–Crippen MR) is 116 cm³/mol. The fraction of sp³-hybridized carbons (Fsp3) is 0.409. The number of rotatable bonds is 7. The molecule has 180 valence electrons. The maximum absolute atomic E-state index is 13.6. The number of alkyl halides is 3. The van der Waals surface area contributed by atoms with Crippen molar-refractivity contribution in [3.05, 3.63) is 48.0 Å². The summed E-state index contributed by atoms with van der Waals surface area (Å²) in [5.74, 6) is -0.0625. The summed E-state index contributed by atoms with van der Waals surface area (Å²) < 4.78 is 78.1. The van der Waals surface area contributed by atoms with Gasteiger partial charge < -0.3 is 14.4 Å². The zero-order valence-electron chi connectivity index (χ0n) is 18.3. The van der Waals surface area contributed by atoms with Gasteiger partial charge in [0, 0.05) is 19.2 Å². The lowest BCUT2D eigenvalue weighted by molar-refractivity contribution is -0.137. The summed E-state index contributed by atoms with van der Waals surface area (Å²) >= 11 is 0. The summed E-state index contributed by atoms with van der Waals surface area (Å²) in [6.07, 6.45) is -2.13. The molecule has 1 aliphatic rings. The molecule has 1 aliphatic heterocycles. The van der Waals surface area contributed by atoms with Gasteiger partial charge in [0.25, 0.3) is 10.0 Å². The van der Waals surface area contributed by atoms with Gasteiger partial charge in [-0.1, -0.05) is 6.07 Å². The molecular weight excluding hydrogens is 461 g/mol. The third-order valence-corrected chi connectivity index (χ3v) is 7.16. The quantitative estimate of drug-likeness (QED) is 0.593. The van der Waals surface area contributed by atoms with Crippen LogP contribution in [0.3, 0.4) is 0 Å². The highest BCUT2D eigenvalue weighted by Crippen LogP contribution is 2.35. The van der Waals surface area contributed by atoms with Crippen LogP contribution in [0.25, 0.3) is 0 Å². The minimum atomic E-state index is -4.67. The first-order valence-corrected chi connectivity index (χ1v) is 11.7. The van der Waals surface area contributed by atoms with E-state index in [0.717, 1.165) is 37.5 Å². The molecule has 0 spiro atoms. The van der Waals surface area contributed by atoms with E-state index >= 15 is 0 Å². The van der Waals surface area contributed by atoms with Crippen LogP contribution in [0.4, 0.5) is 18.9 Å². The zero-order valence-corrected chi connectivity index (χ0v) is 19.1. The maximum atomic E-state index is 13.6. The van der Waals surface area contributed by atoms with Crippen LogP contribution in [0.1, 0.15) is 24.8 Å². The Morgan fingerprint density at radius 2 is 1.67 bits per heavy atom. The molecule has 2 aromatic rings. The van der Waals surface area contributed by atoms with E-state index in [1.54, 1.807) is 0 Å². The summed E-state index contributed by atoms with van der Waals surface area (Å²) in [6.45, 7) is 0.329. The smallest absolute Gasteiger partial charge is 0.416 e. The highest BCUT2D eigenvalue weighted by Gasteiger charge is 2.34. The Morgan fingerprint density at radius 1 is 1.00 bits per heavy atom. The normalized spacial score (nSPS) is 14.6. The number of amides is 1. The molecule has 3 rings (SSSR count). The van der Waals surface area contributed by atoms with Crippen molar-refractivity contribution in [1.82, 2.24) is 4.90 Å². The second-order valence-corrected chi connectivity index (χ2v) is 9.38. The van der Waals surface area contributed by atoms with E-state index in [9.17, 15) is 26.4 Å². The van der Waals surface area contributed by atoms with Crippen molar-refractivity contribution in [3.63, 3.8) is 0 Å². The molecule has 2 aromatic carbocycles. The van der Waals surface area contributed by atoms with Crippen molar-refractivity contribution in [2.24, 2.45) is 0 Å². The first-order chi connectivity index (χ1) is 15.6. The molecule has 1 amide bonds. The zero-order chi connectivity index (χ0) is 24.2. The number of likely N-dealkylation sites (tertiary alicyclic amines) is 1. The Hall–Kier alpha value is -2.95. The summed E-state index contributed by atoms with van der Waals surface area (Å²) in [5, 5.41) is 0. The van der Waals surface area contributed by atoms with E-state index in [0.29, 0.717) is 17.4 Å². The fourth-order valence-electron chi connectivity index (χ4n) is 3.62. The molecule has 0 N–H and O–H groups in total. The number of carbonyl (C=O) groups is 1. The van der Waals surface area contributed by atoms with E-state index in [1.165, 1.54) is 43.4 Å². The van der Waals surface area contributed by atoms with E-state index < -0.39 is 34.2 Å². The van der Waals surface area contributed by atoms with Gasteiger partial charge in [-0.3, -0.25) is 9.10 Å². The lowest BCUT2D eigenvalue weighted by Gasteiger charge is -2.31. The molecule has 33 heavy (non-hydrogen) atoms. The van der Waals surface area contributed by atoms with Crippen molar-refractivity contribution in [1.29, 1.82) is 0 Å². The molecule has 0 bridgehead atoms. The van der Waals surface area contributed by atoms with Crippen molar-refractivity contribution < 1.29 is 35.9 Å². The van der Waals surface area contributed by atoms with Crippen LogP contribution in [-0.2, 0) is 21.0 Å². The van der Waals surface area contributed by atoms with Gasteiger partial charge in [-0.2, -0.15) is 13.2 Å². The second-order valence-electron chi connectivity index (χ2n) is 7.52. The number of ether oxygens (including phenoxy) is 2. The van der Waals surface area contributed by atoms with Crippen molar-refractivity contribution >= 4 is 21.6 Å². The Balaban J connectivity index is 2.07. The van der Waals surface area contributed by atoms with E-state index in [4.69, 9.17) is 9.47 Å². The summed E-state index contributed by atoms with van der Waals surface area (Å²) in [4.78, 5) is 14.2. The van der Waals surface area contributed by atoms with E-state index in [1.807, 2.05) is 0 Å². The largest absolute Gasteiger partial charge is 0.493 e. The Bertz CT molecular complexity index is 1100. The number of hydrogen-bond donors (Lipinski definition) is 0. The highest BCUT2D eigenvalue weighted by atomic mass is 32.2. The maximum Gasteiger partial charge on any atom is 0.416 e. The van der Waals surface area contributed by atoms with Gasteiger partial charge in [0.15, 0.2) is 11.5 Å². The molecule has 7 nitrogen and oxygen atoms in total. The fourth-order valence-corrected chi connectivity index (χ4v) is 5.04. The topological polar surface area (TPSA) is 76.2 Å². The minimum absolute atomic E-state index is 0.130. The molecule has 11 heteroatoms. The van der Waals surface area contributed by atoms with Gasteiger partial charge in [0.1, 0.15) is 6.54 Å². The van der Waals surface area contributed by atoms with Gasteiger partial charge in [-0.25, -0.2) is 8.42 Å². The Labute approximate surface area is 190 Å². The summed E-state index contributed by atoms with van der Waals surface area (Å²) in [6, 6.07) is 7.75. The predicted octanol–water partition coefficient (Wildman–Crippen LogP) is 3.93. The number of carbonyl (C=O) groups excluding carboxylic acids is 1. The van der Waals surface area contributed by atoms with Crippen LogP contribution in [-0.4, -0.2) is 53.1 Å². The average Bonchev–Trinajstić information content (AvgIpc) is 2.81. The third-order valence-electron chi connectivity index (χ3n) is 5.39. The number of anilines is 1. The standard InChI is InChI=1S/C22H25F3N2O5S/c1-31-19-10-9-18(14-20(19)32-2)33(29,30)27(15-21(28)26-11-4-3-5-12-26)17-8-6-7-16(13-17)22(23,24)25/h6-10,13-14H,3-5,11-12,15H2,1-2H3. The van der Waals surface area contributed by atoms with Crippen LogP contribution in [0.2, 0.25) is 0 Å². The summed E-state index contributed by atoms with van der Waals surface area (Å²) in [7, 11) is -1.71. The number of nitrogens with zero attached hydrogens (tertiary/aromatic N) is 2. The molecule has 0 aromatic heterocycles. The highest BCUT2D eigenvalue weighted by molar-refractivity contribution is 7.92. The first kappa shape index (κ1) is 24.7. The first-order valence-electron chi connectivity index (χ1n) is 10.3. The lowest BCUT2D eigenvalue weighted by atomic mass is 10.1. The molecule has 0 aliphatic carbocycles. The number of halogens is 3. The van der Waals surface area contributed by atoms with Crippen molar-refractivity contribution in [3.8, 4) is 11.5 Å². The molecule has 0 atom stereocenters. The Kier molecular flexibility index (Phi) is 7.41. The minimum Gasteiger partial charge on any atom is -0.493 e. The lowest BCUT2D eigenvalue weighted by Crippen LogP contribution is -2.44. The van der Waals surface area contributed by atoms with Crippen LogP contribution in [0.15, 0.2) is 47.4 Å². The van der Waals surface area contributed by atoms with Gasteiger partial charge in [-0.05, 0) is 49.6 Å². The van der Waals surface area contributed by atoms with Crippen molar-refractivity contribution in [2.45, 2.75) is 30.3 Å². The third kappa shape index (κ3) is 5.52. The monoisotopic (exact) mass is 486 g/mol. The van der Waals surface area contributed by atoms with Crippen molar-refractivity contribution in [2.75, 3.05) is 38.2 Å². The molecule has 1 saturated heterocycles. The van der Waals surface area contributed by atoms with E-state index in [-0.39, 0.29) is 22.1 Å². The second kappa shape index (κ2) is 9.90. The average molecular weight is 487 g/mol. The van der Waals surface area contributed by atoms with Crippen LogP contribution in [0.5, 0.6) is 11.5 Å². The van der Waals surface area contributed by atoms with E-state index in [2.05, 4.69) is 0 Å². The number of hydrogen-bond acceptors (Lipinski definition) is 5. The number of sulfonamides is 1. The number of methoxy groups -OCH3 is 2. The van der Waals surface area contributed by atoms with Crippen LogP contribution in [0, 0.1) is 0 Å². The summed E-state index contributed by atoms with van der Waals surface area (Å²) in [5.41, 5.74) is -1.28. The van der Waals surface area contributed by atoms with Gasteiger partial charge >= 0.3 is 6.18 Å². The molecule has 1 fully saturated rings. The molecule has 1 heterocycles. The Morgan fingerprint density at radius 3 is 2.27 bits per heavy atom. The number of piperidine rings is 1. The molecular formula is C22H25F3N2O5S. The van der Waals surface area contributed by atoms with Crippen LogP contribution >= 0.6 is 0 Å². The molecule has 0 radical (unpaired) electrons. The van der Waals surface area contributed by atoms with Gasteiger partial charge in [0.05, 0.1) is 30.4 Å². The molecule has 0 saturated carbocycles. The van der Waals surface area contributed by atoms with Gasteiger partial charge in [-0.15, -0.1) is 0 Å². The molecule has 0 unspecified atom stereocenters.